The molecular weight excluding hydrogens is 214 g/mol. The molecule has 1 N–H and O–H groups in total. The Kier molecular flexibility index (Phi) is 7.82. The van der Waals surface area contributed by atoms with E-state index in [1.54, 1.807) is 0 Å². The van der Waals surface area contributed by atoms with Gasteiger partial charge in [0.25, 0.3) is 0 Å². The minimum absolute atomic E-state index is 0.0292. The summed E-state index contributed by atoms with van der Waals surface area (Å²) < 4.78 is 11.0. The van der Waals surface area contributed by atoms with Gasteiger partial charge in [-0.05, 0) is 45.2 Å². The van der Waals surface area contributed by atoms with E-state index in [1.165, 1.54) is 19.3 Å². The van der Waals surface area contributed by atoms with Crippen LogP contribution in [0.15, 0.2) is 0 Å². The first-order valence-corrected chi connectivity index (χ1v) is 7.21. The van der Waals surface area contributed by atoms with Crippen LogP contribution in [-0.4, -0.2) is 32.6 Å². The Labute approximate surface area is 106 Å². The van der Waals surface area contributed by atoms with Gasteiger partial charge in [0, 0.05) is 19.6 Å². The fraction of sp³-hybridized carbons (Fsp3) is 1.00. The fourth-order valence-electron chi connectivity index (χ4n) is 2.62. The molecule has 0 saturated heterocycles. The lowest BCUT2D eigenvalue weighted by Crippen LogP contribution is -2.29. The molecule has 0 aromatic carbocycles. The third kappa shape index (κ3) is 5.84. The van der Waals surface area contributed by atoms with Crippen molar-refractivity contribution in [3.05, 3.63) is 0 Å². The van der Waals surface area contributed by atoms with Crippen molar-refractivity contribution in [2.45, 2.75) is 52.7 Å². The van der Waals surface area contributed by atoms with E-state index >= 15 is 0 Å². The zero-order valence-electron chi connectivity index (χ0n) is 11.7. The second-order valence-electron chi connectivity index (χ2n) is 5.00. The lowest BCUT2D eigenvalue weighted by molar-refractivity contribution is -0.138. The zero-order chi connectivity index (χ0) is 12.5. The van der Waals surface area contributed by atoms with Gasteiger partial charge < -0.3 is 14.8 Å². The van der Waals surface area contributed by atoms with Gasteiger partial charge in [0.2, 0.25) is 0 Å². The minimum Gasteiger partial charge on any atom is -0.353 e. The van der Waals surface area contributed by atoms with Crippen molar-refractivity contribution in [1.82, 2.24) is 5.32 Å². The predicted molar refractivity (Wildman–Crippen MR) is 71.0 cm³/mol. The van der Waals surface area contributed by atoms with Crippen LogP contribution >= 0.6 is 0 Å². The summed E-state index contributed by atoms with van der Waals surface area (Å²) in [5.74, 6) is 1.78. The van der Waals surface area contributed by atoms with Crippen molar-refractivity contribution in [2.75, 3.05) is 26.3 Å². The van der Waals surface area contributed by atoms with E-state index in [2.05, 4.69) is 12.2 Å². The van der Waals surface area contributed by atoms with E-state index in [-0.39, 0.29) is 6.29 Å². The molecule has 1 rings (SSSR count). The van der Waals surface area contributed by atoms with Crippen molar-refractivity contribution in [3.8, 4) is 0 Å². The summed E-state index contributed by atoms with van der Waals surface area (Å²) in [5, 5.41) is 3.55. The van der Waals surface area contributed by atoms with E-state index in [9.17, 15) is 0 Å². The molecule has 1 fully saturated rings. The number of rotatable bonds is 9. The normalized spacial score (nSPS) is 24.7. The van der Waals surface area contributed by atoms with Crippen LogP contribution in [0.4, 0.5) is 0 Å². The van der Waals surface area contributed by atoms with Crippen LogP contribution in [0.5, 0.6) is 0 Å². The molecule has 2 atom stereocenters. The Bertz CT molecular complexity index is 181. The Morgan fingerprint density at radius 1 is 1.18 bits per heavy atom. The molecule has 17 heavy (non-hydrogen) atoms. The van der Waals surface area contributed by atoms with Gasteiger partial charge in [-0.25, -0.2) is 0 Å². The predicted octanol–water partition coefficient (Wildman–Crippen LogP) is 2.80. The molecule has 1 aliphatic rings. The third-order valence-electron chi connectivity index (χ3n) is 3.71. The van der Waals surface area contributed by atoms with Crippen molar-refractivity contribution in [1.29, 1.82) is 0 Å². The quantitative estimate of drug-likeness (QED) is 0.499. The fourth-order valence-corrected chi connectivity index (χ4v) is 2.62. The van der Waals surface area contributed by atoms with Crippen LogP contribution in [0.3, 0.4) is 0 Å². The molecule has 1 aliphatic carbocycles. The average Bonchev–Trinajstić information content (AvgIpc) is 2.71. The second kappa shape index (κ2) is 8.90. The SMILES string of the molecule is CCOC(CCNCC1CCCC1C)OCC. The molecule has 0 aromatic rings. The van der Waals surface area contributed by atoms with Gasteiger partial charge in [-0.2, -0.15) is 0 Å². The van der Waals surface area contributed by atoms with Gasteiger partial charge in [0.1, 0.15) is 0 Å². The highest BCUT2D eigenvalue weighted by Crippen LogP contribution is 2.30. The molecule has 2 unspecified atom stereocenters. The maximum Gasteiger partial charge on any atom is 0.158 e. The van der Waals surface area contributed by atoms with Gasteiger partial charge in [-0.15, -0.1) is 0 Å². The summed E-state index contributed by atoms with van der Waals surface area (Å²) in [6, 6.07) is 0. The Morgan fingerprint density at radius 3 is 2.41 bits per heavy atom. The smallest absolute Gasteiger partial charge is 0.158 e. The van der Waals surface area contributed by atoms with Crippen molar-refractivity contribution in [3.63, 3.8) is 0 Å². The molecule has 3 nitrogen and oxygen atoms in total. The molecule has 1 saturated carbocycles. The largest absolute Gasteiger partial charge is 0.353 e. The van der Waals surface area contributed by atoms with Crippen LogP contribution in [0.1, 0.15) is 46.5 Å². The van der Waals surface area contributed by atoms with Gasteiger partial charge in [-0.3, -0.25) is 0 Å². The first-order valence-electron chi connectivity index (χ1n) is 7.21. The topological polar surface area (TPSA) is 30.5 Å². The number of nitrogens with one attached hydrogen (secondary N) is 1. The first-order chi connectivity index (χ1) is 8.27. The summed E-state index contributed by atoms with van der Waals surface area (Å²) >= 11 is 0. The zero-order valence-corrected chi connectivity index (χ0v) is 11.7. The van der Waals surface area contributed by atoms with Crippen molar-refractivity contribution >= 4 is 0 Å². The summed E-state index contributed by atoms with van der Waals surface area (Å²) in [6.45, 7) is 10.0. The number of hydrogen-bond donors (Lipinski definition) is 1. The van der Waals surface area contributed by atoms with Crippen LogP contribution in [0, 0.1) is 11.8 Å². The van der Waals surface area contributed by atoms with E-state index in [1.807, 2.05) is 13.8 Å². The molecule has 0 heterocycles. The average molecular weight is 243 g/mol. The summed E-state index contributed by atoms with van der Waals surface area (Å²) in [6.07, 6.45) is 5.14. The molecule has 3 heteroatoms. The maximum atomic E-state index is 5.51. The summed E-state index contributed by atoms with van der Waals surface area (Å²) in [7, 11) is 0. The Balaban J connectivity index is 2.05. The molecule has 0 spiro atoms. The van der Waals surface area contributed by atoms with Crippen molar-refractivity contribution < 1.29 is 9.47 Å². The van der Waals surface area contributed by atoms with E-state index in [0.29, 0.717) is 0 Å². The van der Waals surface area contributed by atoms with Crippen molar-refractivity contribution in [2.24, 2.45) is 11.8 Å². The highest BCUT2D eigenvalue weighted by atomic mass is 16.7. The first kappa shape index (κ1) is 14.9. The molecule has 0 radical (unpaired) electrons. The van der Waals surface area contributed by atoms with Gasteiger partial charge in [0.15, 0.2) is 6.29 Å². The monoisotopic (exact) mass is 243 g/mol. The molecule has 0 aromatic heterocycles. The highest BCUT2D eigenvalue weighted by Gasteiger charge is 2.22. The lowest BCUT2D eigenvalue weighted by atomic mass is 9.98. The van der Waals surface area contributed by atoms with E-state index in [0.717, 1.165) is 44.6 Å². The van der Waals surface area contributed by atoms with Gasteiger partial charge in [0.05, 0.1) is 0 Å². The molecular formula is C14H29NO2. The van der Waals surface area contributed by atoms with Crippen LogP contribution in [0.2, 0.25) is 0 Å². The molecule has 0 bridgehead atoms. The summed E-state index contributed by atoms with van der Waals surface area (Å²) in [5.41, 5.74) is 0. The van der Waals surface area contributed by atoms with Crippen LogP contribution < -0.4 is 5.32 Å². The number of ether oxygens (including phenoxy) is 2. The van der Waals surface area contributed by atoms with E-state index in [4.69, 9.17) is 9.47 Å². The highest BCUT2D eigenvalue weighted by molar-refractivity contribution is 4.75. The van der Waals surface area contributed by atoms with Gasteiger partial charge >= 0.3 is 0 Å². The Morgan fingerprint density at radius 2 is 1.88 bits per heavy atom. The molecule has 102 valence electrons. The standard InChI is InChI=1S/C14H29NO2/c1-4-16-14(17-5-2)9-10-15-11-13-8-6-7-12(13)3/h12-15H,4-11H2,1-3H3. The minimum atomic E-state index is -0.0292. The maximum absolute atomic E-state index is 5.51. The molecule has 0 amide bonds. The lowest BCUT2D eigenvalue weighted by Gasteiger charge is -2.19. The van der Waals surface area contributed by atoms with Crippen LogP contribution in [-0.2, 0) is 9.47 Å². The Hall–Kier alpha value is -0.120. The molecule has 0 aliphatic heterocycles. The third-order valence-corrected chi connectivity index (χ3v) is 3.71. The number of hydrogen-bond acceptors (Lipinski definition) is 3. The summed E-state index contributed by atoms with van der Waals surface area (Å²) in [4.78, 5) is 0. The van der Waals surface area contributed by atoms with E-state index < -0.39 is 0 Å². The van der Waals surface area contributed by atoms with Crippen LogP contribution in [0.25, 0.3) is 0 Å². The second-order valence-corrected chi connectivity index (χ2v) is 5.00. The van der Waals surface area contributed by atoms with Gasteiger partial charge in [-0.1, -0.05) is 19.8 Å².